The summed E-state index contributed by atoms with van der Waals surface area (Å²) in [4.78, 5) is 2.50. The molecule has 1 aliphatic heterocycles. The van der Waals surface area contributed by atoms with Gasteiger partial charge in [-0.2, -0.15) is 8.42 Å². The maximum atomic E-state index is 12.1. The summed E-state index contributed by atoms with van der Waals surface area (Å²) < 4.78 is 29.4. The van der Waals surface area contributed by atoms with Gasteiger partial charge in [-0.25, -0.2) is 0 Å². The third kappa shape index (κ3) is 3.81. The van der Waals surface area contributed by atoms with E-state index in [-0.39, 0.29) is 17.4 Å². The number of nitrogens with zero attached hydrogens (tertiary/aromatic N) is 1. The van der Waals surface area contributed by atoms with Crippen LogP contribution in [0.25, 0.3) is 0 Å². The van der Waals surface area contributed by atoms with Crippen LogP contribution in [-0.4, -0.2) is 39.6 Å². The van der Waals surface area contributed by atoms with Crippen molar-refractivity contribution in [2.75, 3.05) is 20.2 Å². The van der Waals surface area contributed by atoms with Gasteiger partial charge in [0.25, 0.3) is 10.1 Å². The average molecular weight is 297 g/mol. The normalized spacial score (nSPS) is 24.8. The fraction of sp³-hybridized carbons (Fsp3) is 0.600. The van der Waals surface area contributed by atoms with Crippen molar-refractivity contribution in [3.8, 4) is 0 Å². The Hall–Kier alpha value is -0.910. The van der Waals surface area contributed by atoms with E-state index in [0.29, 0.717) is 6.04 Å². The lowest BCUT2D eigenvalue weighted by Gasteiger charge is -2.34. The van der Waals surface area contributed by atoms with Crippen LogP contribution in [0.4, 0.5) is 0 Å². The Balaban J connectivity index is 1.94. The average Bonchev–Trinajstić information content (AvgIpc) is 2.41. The van der Waals surface area contributed by atoms with Gasteiger partial charge in [0, 0.05) is 12.6 Å². The molecule has 4 nitrogen and oxygen atoms in total. The summed E-state index contributed by atoms with van der Waals surface area (Å²) in [6, 6.07) is 7.33. The Bertz CT molecular complexity index is 539. The van der Waals surface area contributed by atoms with Crippen molar-refractivity contribution in [1.29, 1.82) is 0 Å². The molecule has 2 atom stereocenters. The van der Waals surface area contributed by atoms with Crippen molar-refractivity contribution >= 4 is 10.1 Å². The molecule has 0 saturated carbocycles. The van der Waals surface area contributed by atoms with Crippen molar-refractivity contribution in [1.82, 2.24) is 4.90 Å². The highest BCUT2D eigenvalue weighted by molar-refractivity contribution is 7.86. The Labute approximate surface area is 121 Å². The van der Waals surface area contributed by atoms with Gasteiger partial charge in [0.15, 0.2) is 0 Å². The minimum atomic E-state index is -3.63. The molecule has 0 bridgehead atoms. The molecular formula is C15H23NO3S. The highest BCUT2D eigenvalue weighted by Crippen LogP contribution is 2.22. The molecule has 0 spiro atoms. The molecule has 5 heteroatoms. The Morgan fingerprint density at radius 3 is 2.50 bits per heavy atom. The summed E-state index contributed by atoms with van der Waals surface area (Å²) in [7, 11) is -1.55. The van der Waals surface area contributed by atoms with Crippen molar-refractivity contribution in [3.05, 3.63) is 29.8 Å². The molecular weight excluding hydrogens is 274 g/mol. The predicted molar refractivity (Wildman–Crippen MR) is 79.1 cm³/mol. The second-order valence-electron chi connectivity index (χ2n) is 5.78. The number of hydrogen-bond donors (Lipinski definition) is 0. The molecule has 2 rings (SSSR count). The fourth-order valence-corrected chi connectivity index (χ4v) is 3.45. The van der Waals surface area contributed by atoms with Crippen molar-refractivity contribution in [2.24, 2.45) is 5.92 Å². The third-order valence-corrected chi connectivity index (χ3v) is 5.36. The van der Waals surface area contributed by atoms with E-state index in [4.69, 9.17) is 4.18 Å². The highest BCUT2D eigenvalue weighted by Gasteiger charge is 2.25. The fourth-order valence-electron chi connectivity index (χ4n) is 2.47. The Kier molecular flexibility index (Phi) is 4.83. The number of rotatable bonds is 4. The highest BCUT2D eigenvalue weighted by atomic mass is 32.2. The molecule has 0 N–H and O–H groups in total. The maximum Gasteiger partial charge on any atom is 0.296 e. The van der Waals surface area contributed by atoms with Crippen LogP contribution in [-0.2, 0) is 14.3 Å². The maximum absolute atomic E-state index is 12.1. The molecule has 1 aromatic carbocycles. The quantitative estimate of drug-likeness (QED) is 0.801. The van der Waals surface area contributed by atoms with E-state index in [1.165, 1.54) is 0 Å². The number of hydrogen-bond acceptors (Lipinski definition) is 4. The van der Waals surface area contributed by atoms with Crippen LogP contribution in [0, 0.1) is 12.8 Å². The minimum Gasteiger partial charge on any atom is -0.303 e. The zero-order valence-corrected chi connectivity index (χ0v) is 13.2. The van der Waals surface area contributed by atoms with Gasteiger partial charge in [-0.3, -0.25) is 4.18 Å². The van der Waals surface area contributed by atoms with E-state index >= 15 is 0 Å². The van der Waals surface area contributed by atoms with Crippen LogP contribution in [0.1, 0.15) is 25.3 Å². The number of benzene rings is 1. The molecule has 1 heterocycles. The van der Waals surface area contributed by atoms with Crippen LogP contribution in [0.15, 0.2) is 29.2 Å². The largest absolute Gasteiger partial charge is 0.303 e. The summed E-state index contributed by atoms with van der Waals surface area (Å²) in [5, 5.41) is 0. The monoisotopic (exact) mass is 297 g/mol. The predicted octanol–water partition coefficient (Wildman–Crippen LogP) is 2.43. The van der Waals surface area contributed by atoms with Crippen molar-refractivity contribution in [2.45, 2.75) is 37.6 Å². The third-order valence-electron chi connectivity index (χ3n) is 4.06. The lowest BCUT2D eigenvalue weighted by atomic mass is 9.95. The first-order valence-electron chi connectivity index (χ1n) is 7.05. The Morgan fingerprint density at radius 1 is 1.25 bits per heavy atom. The zero-order chi connectivity index (χ0) is 14.8. The van der Waals surface area contributed by atoms with Crippen molar-refractivity contribution in [3.63, 3.8) is 0 Å². The van der Waals surface area contributed by atoms with Gasteiger partial charge in [0.05, 0.1) is 11.5 Å². The molecule has 112 valence electrons. The van der Waals surface area contributed by atoms with Gasteiger partial charge in [-0.1, -0.05) is 17.7 Å². The topological polar surface area (TPSA) is 46.6 Å². The summed E-state index contributed by atoms with van der Waals surface area (Å²) in [6.07, 6.45) is 2.12. The van der Waals surface area contributed by atoms with Crippen LogP contribution in [0.2, 0.25) is 0 Å². The van der Waals surface area contributed by atoms with E-state index in [2.05, 4.69) is 18.9 Å². The van der Waals surface area contributed by atoms with Crippen LogP contribution >= 0.6 is 0 Å². The molecule has 1 saturated heterocycles. The van der Waals surface area contributed by atoms with E-state index in [9.17, 15) is 8.42 Å². The second kappa shape index (κ2) is 6.24. The van der Waals surface area contributed by atoms with Crippen LogP contribution in [0.3, 0.4) is 0 Å². The SMILES string of the molecule is Cc1ccc(S(=O)(=O)OC[C@@H]2CC[C@@H](C)N(C)C2)cc1. The first kappa shape index (κ1) is 15.5. The second-order valence-corrected chi connectivity index (χ2v) is 7.40. The minimum absolute atomic E-state index is 0.237. The van der Waals surface area contributed by atoms with Crippen LogP contribution in [0.5, 0.6) is 0 Å². The molecule has 0 unspecified atom stereocenters. The summed E-state index contributed by atoms with van der Waals surface area (Å²) in [5.41, 5.74) is 1.03. The number of aryl methyl sites for hydroxylation is 1. The summed E-state index contributed by atoms with van der Waals surface area (Å²) in [6.45, 7) is 5.29. The number of piperidine rings is 1. The van der Waals surface area contributed by atoms with E-state index in [1.807, 2.05) is 6.92 Å². The van der Waals surface area contributed by atoms with Gasteiger partial charge in [-0.15, -0.1) is 0 Å². The van der Waals surface area contributed by atoms with Gasteiger partial charge >= 0.3 is 0 Å². The number of likely N-dealkylation sites (tertiary alicyclic amines) is 1. The van der Waals surface area contributed by atoms with Gasteiger partial charge in [0.1, 0.15) is 0 Å². The van der Waals surface area contributed by atoms with Gasteiger partial charge in [-0.05, 0) is 51.8 Å². The zero-order valence-electron chi connectivity index (χ0n) is 12.4. The van der Waals surface area contributed by atoms with E-state index in [1.54, 1.807) is 24.3 Å². The molecule has 0 radical (unpaired) electrons. The van der Waals surface area contributed by atoms with Crippen molar-refractivity contribution < 1.29 is 12.6 Å². The lowest BCUT2D eigenvalue weighted by Crippen LogP contribution is -2.40. The van der Waals surface area contributed by atoms with Gasteiger partial charge in [0.2, 0.25) is 0 Å². The van der Waals surface area contributed by atoms with E-state index < -0.39 is 10.1 Å². The smallest absolute Gasteiger partial charge is 0.296 e. The first-order valence-corrected chi connectivity index (χ1v) is 8.45. The molecule has 20 heavy (non-hydrogen) atoms. The molecule has 0 aliphatic carbocycles. The standard InChI is InChI=1S/C15H23NO3S/c1-12-4-8-15(9-5-12)20(17,18)19-11-14-7-6-13(2)16(3)10-14/h4-5,8-9,13-14H,6-7,10-11H2,1-3H3/t13-,14-/m1/s1. The summed E-state index contributed by atoms with van der Waals surface area (Å²) >= 11 is 0. The Morgan fingerprint density at radius 2 is 1.90 bits per heavy atom. The first-order chi connectivity index (χ1) is 9.38. The summed E-state index contributed by atoms with van der Waals surface area (Å²) in [5.74, 6) is 0.288. The molecule has 1 aromatic rings. The molecule has 0 aromatic heterocycles. The molecule has 0 amide bonds. The lowest BCUT2D eigenvalue weighted by molar-refractivity contribution is 0.114. The van der Waals surface area contributed by atoms with Crippen LogP contribution < -0.4 is 0 Å². The van der Waals surface area contributed by atoms with E-state index in [0.717, 1.165) is 24.9 Å². The van der Waals surface area contributed by atoms with Gasteiger partial charge < -0.3 is 4.90 Å². The molecule has 1 aliphatic rings. The molecule has 1 fully saturated rings.